The fourth-order valence-corrected chi connectivity index (χ4v) is 1.80. The summed E-state index contributed by atoms with van der Waals surface area (Å²) in [6.07, 6.45) is 0.757. The monoisotopic (exact) mass is 229 g/mol. The van der Waals surface area contributed by atoms with Crippen LogP contribution in [0.15, 0.2) is 0 Å². The summed E-state index contributed by atoms with van der Waals surface area (Å²) < 4.78 is 5.19. The first-order valence-corrected chi connectivity index (χ1v) is 5.99. The number of rotatable bonds is 4. The van der Waals surface area contributed by atoms with Gasteiger partial charge in [0.25, 0.3) is 0 Å². The zero-order chi connectivity index (χ0) is 13.0. The number of alkyl carbamates (subject to hydrolysis) is 1. The Morgan fingerprint density at radius 1 is 1.19 bits per heavy atom. The third kappa shape index (κ3) is 8.57. The Morgan fingerprint density at radius 3 is 2.06 bits per heavy atom. The van der Waals surface area contributed by atoms with E-state index in [-0.39, 0.29) is 11.5 Å². The molecule has 16 heavy (non-hydrogen) atoms. The third-order valence-corrected chi connectivity index (χ3v) is 2.07. The number of amides is 1. The fourth-order valence-electron chi connectivity index (χ4n) is 1.80. The maximum Gasteiger partial charge on any atom is 0.407 e. The number of carbonyl (C=O) groups is 1. The average molecular weight is 229 g/mol. The predicted octanol–water partition coefficient (Wildman–Crippen LogP) is 3.58. The van der Waals surface area contributed by atoms with Gasteiger partial charge in [0.2, 0.25) is 0 Å². The lowest BCUT2D eigenvalue weighted by Crippen LogP contribution is -2.38. The van der Waals surface area contributed by atoms with Crippen LogP contribution >= 0.6 is 0 Å². The Hall–Kier alpha value is -0.730. The first kappa shape index (κ1) is 15.3. The van der Waals surface area contributed by atoms with E-state index in [1.165, 1.54) is 0 Å². The summed E-state index contributed by atoms with van der Waals surface area (Å²) in [7, 11) is 0. The van der Waals surface area contributed by atoms with E-state index in [1.54, 1.807) is 0 Å². The van der Waals surface area contributed by atoms with Crippen LogP contribution in [0.5, 0.6) is 0 Å². The van der Waals surface area contributed by atoms with Gasteiger partial charge in [-0.25, -0.2) is 4.79 Å². The van der Waals surface area contributed by atoms with Crippen molar-refractivity contribution in [1.29, 1.82) is 0 Å². The summed E-state index contributed by atoms with van der Waals surface area (Å²) in [4.78, 5) is 11.5. The molecular formula is C13H27NO2. The zero-order valence-electron chi connectivity index (χ0n) is 11.8. The maximum atomic E-state index is 11.5. The molecule has 0 aromatic carbocycles. The lowest BCUT2D eigenvalue weighted by molar-refractivity contribution is 0.0501. The Labute approximate surface area is 99.9 Å². The molecule has 0 saturated carbocycles. The van der Waals surface area contributed by atoms with Crippen LogP contribution in [0.1, 0.15) is 54.9 Å². The molecule has 0 aliphatic carbocycles. The molecule has 0 atom stereocenters. The number of ether oxygens (including phenoxy) is 1. The third-order valence-electron chi connectivity index (χ3n) is 2.07. The van der Waals surface area contributed by atoms with Crippen molar-refractivity contribution in [2.24, 2.45) is 11.3 Å². The molecule has 1 amide bonds. The van der Waals surface area contributed by atoms with Gasteiger partial charge in [0.15, 0.2) is 0 Å². The Morgan fingerprint density at radius 2 is 1.69 bits per heavy atom. The molecule has 0 saturated heterocycles. The van der Waals surface area contributed by atoms with Crippen LogP contribution in [0.4, 0.5) is 4.79 Å². The van der Waals surface area contributed by atoms with Gasteiger partial charge in [-0.05, 0) is 38.5 Å². The highest BCUT2D eigenvalue weighted by Crippen LogP contribution is 2.24. The van der Waals surface area contributed by atoms with Gasteiger partial charge < -0.3 is 10.1 Å². The van der Waals surface area contributed by atoms with Crippen molar-refractivity contribution in [1.82, 2.24) is 5.32 Å². The minimum absolute atomic E-state index is 0.116. The molecule has 0 spiro atoms. The van der Waals surface area contributed by atoms with Crippen LogP contribution in [0.3, 0.4) is 0 Å². The van der Waals surface area contributed by atoms with E-state index < -0.39 is 5.60 Å². The van der Waals surface area contributed by atoms with Crippen molar-refractivity contribution in [3.63, 3.8) is 0 Å². The molecular weight excluding hydrogens is 202 g/mol. The Balaban J connectivity index is 4.00. The topological polar surface area (TPSA) is 38.3 Å². The van der Waals surface area contributed by atoms with Crippen LogP contribution in [0, 0.1) is 11.3 Å². The molecule has 0 aliphatic heterocycles. The SMILES string of the molecule is CC(C)CC(C)(C)CNC(=O)OC(C)(C)C. The minimum atomic E-state index is -0.424. The van der Waals surface area contributed by atoms with Crippen molar-refractivity contribution < 1.29 is 9.53 Å². The number of carbonyl (C=O) groups excluding carboxylic acids is 1. The summed E-state index contributed by atoms with van der Waals surface area (Å²) in [5.74, 6) is 0.635. The molecule has 0 unspecified atom stereocenters. The zero-order valence-corrected chi connectivity index (χ0v) is 11.8. The van der Waals surface area contributed by atoms with Crippen molar-refractivity contribution >= 4 is 6.09 Å². The first-order valence-electron chi connectivity index (χ1n) is 5.99. The molecule has 96 valence electrons. The van der Waals surface area contributed by atoms with E-state index in [1.807, 2.05) is 20.8 Å². The molecule has 0 aromatic heterocycles. The van der Waals surface area contributed by atoms with Crippen LogP contribution in [-0.2, 0) is 4.74 Å². The lowest BCUT2D eigenvalue weighted by atomic mass is 9.84. The lowest BCUT2D eigenvalue weighted by Gasteiger charge is -2.28. The van der Waals surface area contributed by atoms with Gasteiger partial charge in [0.05, 0.1) is 0 Å². The first-order chi connectivity index (χ1) is 7.02. The van der Waals surface area contributed by atoms with E-state index in [0.29, 0.717) is 12.5 Å². The normalized spacial score (nSPS) is 12.8. The summed E-state index contributed by atoms with van der Waals surface area (Å²) in [5.41, 5.74) is -0.308. The molecule has 0 rings (SSSR count). The Kier molecular flexibility index (Phi) is 5.30. The van der Waals surface area contributed by atoms with Crippen molar-refractivity contribution in [3.05, 3.63) is 0 Å². The summed E-state index contributed by atoms with van der Waals surface area (Å²) in [6.45, 7) is 14.9. The van der Waals surface area contributed by atoms with Gasteiger partial charge in [-0.1, -0.05) is 27.7 Å². The average Bonchev–Trinajstić information content (AvgIpc) is 1.95. The molecule has 0 aromatic rings. The molecule has 0 bridgehead atoms. The van der Waals surface area contributed by atoms with E-state index in [2.05, 4.69) is 33.0 Å². The van der Waals surface area contributed by atoms with Crippen LogP contribution < -0.4 is 5.32 Å². The van der Waals surface area contributed by atoms with Gasteiger partial charge in [0.1, 0.15) is 5.60 Å². The van der Waals surface area contributed by atoms with Gasteiger partial charge in [0, 0.05) is 6.54 Å². The number of hydrogen-bond donors (Lipinski definition) is 1. The number of hydrogen-bond acceptors (Lipinski definition) is 2. The van der Waals surface area contributed by atoms with Crippen LogP contribution in [0.2, 0.25) is 0 Å². The van der Waals surface area contributed by atoms with Gasteiger partial charge in [-0.15, -0.1) is 0 Å². The second-order valence-corrected chi connectivity index (χ2v) is 6.62. The van der Waals surface area contributed by atoms with E-state index in [9.17, 15) is 4.79 Å². The molecule has 1 N–H and O–H groups in total. The largest absolute Gasteiger partial charge is 0.444 e. The predicted molar refractivity (Wildman–Crippen MR) is 67.5 cm³/mol. The number of nitrogens with one attached hydrogen (secondary N) is 1. The standard InChI is InChI=1S/C13H27NO2/c1-10(2)8-13(6,7)9-14-11(15)16-12(3,4)5/h10H,8-9H2,1-7H3,(H,14,15). The van der Waals surface area contributed by atoms with Gasteiger partial charge in [-0.2, -0.15) is 0 Å². The summed E-state index contributed by atoms with van der Waals surface area (Å²) in [5, 5.41) is 2.82. The second kappa shape index (κ2) is 5.55. The highest BCUT2D eigenvalue weighted by Gasteiger charge is 2.22. The quantitative estimate of drug-likeness (QED) is 0.800. The highest BCUT2D eigenvalue weighted by atomic mass is 16.6. The second-order valence-electron chi connectivity index (χ2n) is 6.62. The molecule has 0 aliphatic rings. The van der Waals surface area contributed by atoms with E-state index >= 15 is 0 Å². The molecule has 0 radical (unpaired) electrons. The van der Waals surface area contributed by atoms with E-state index in [4.69, 9.17) is 4.74 Å². The van der Waals surface area contributed by atoms with Gasteiger partial charge >= 0.3 is 6.09 Å². The molecule has 0 fully saturated rings. The van der Waals surface area contributed by atoms with E-state index in [0.717, 1.165) is 6.42 Å². The van der Waals surface area contributed by atoms with Crippen molar-refractivity contribution in [2.75, 3.05) is 6.54 Å². The highest BCUT2D eigenvalue weighted by molar-refractivity contribution is 5.67. The van der Waals surface area contributed by atoms with Crippen LogP contribution in [-0.4, -0.2) is 18.2 Å². The van der Waals surface area contributed by atoms with Crippen molar-refractivity contribution in [2.45, 2.75) is 60.5 Å². The minimum Gasteiger partial charge on any atom is -0.444 e. The van der Waals surface area contributed by atoms with Gasteiger partial charge in [-0.3, -0.25) is 0 Å². The molecule has 3 nitrogen and oxygen atoms in total. The van der Waals surface area contributed by atoms with Crippen molar-refractivity contribution in [3.8, 4) is 0 Å². The maximum absolute atomic E-state index is 11.5. The summed E-state index contributed by atoms with van der Waals surface area (Å²) in [6, 6.07) is 0. The smallest absolute Gasteiger partial charge is 0.407 e. The summed E-state index contributed by atoms with van der Waals surface area (Å²) >= 11 is 0. The Bertz CT molecular complexity index is 227. The van der Waals surface area contributed by atoms with Crippen LogP contribution in [0.25, 0.3) is 0 Å². The molecule has 0 heterocycles. The fraction of sp³-hybridized carbons (Fsp3) is 0.923. The molecule has 3 heteroatoms.